The second-order valence-electron chi connectivity index (χ2n) is 6.60. The summed E-state index contributed by atoms with van der Waals surface area (Å²) in [6, 6.07) is 10.1. The topological polar surface area (TPSA) is 99.3 Å². The second-order valence-corrected chi connectivity index (χ2v) is 7.42. The third kappa shape index (κ3) is 5.85. The number of urea groups is 1. The molecule has 0 spiro atoms. The first kappa shape index (κ1) is 21.0. The van der Waals surface area contributed by atoms with Crippen LogP contribution < -0.4 is 21.3 Å². The van der Waals surface area contributed by atoms with E-state index in [1.807, 2.05) is 0 Å². The van der Waals surface area contributed by atoms with Crippen molar-refractivity contribution in [2.45, 2.75) is 25.3 Å². The van der Waals surface area contributed by atoms with E-state index < -0.39 is 12.1 Å². The van der Waals surface area contributed by atoms with Crippen molar-refractivity contribution in [3.05, 3.63) is 58.1 Å². The van der Waals surface area contributed by atoms with Gasteiger partial charge >= 0.3 is 6.03 Å². The number of benzene rings is 2. The molecule has 2 aromatic rings. The van der Waals surface area contributed by atoms with Gasteiger partial charge in [0.1, 0.15) is 6.04 Å². The van der Waals surface area contributed by atoms with E-state index in [0.29, 0.717) is 39.9 Å². The summed E-state index contributed by atoms with van der Waals surface area (Å²) in [4.78, 5) is 36.7. The molecule has 0 unspecified atom stereocenters. The summed E-state index contributed by atoms with van der Waals surface area (Å²) >= 11 is 11.8. The molecule has 152 valence electrons. The Bertz CT molecular complexity index is 936. The number of amides is 4. The summed E-state index contributed by atoms with van der Waals surface area (Å²) in [5.41, 5.74) is 1.25. The van der Waals surface area contributed by atoms with E-state index in [1.54, 1.807) is 36.4 Å². The second kappa shape index (κ2) is 9.62. The van der Waals surface area contributed by atoms with Crippen LogP contribution in [0.25, 0.3) is 0 Å². The summed E-state index contributed by atoms with van der Waals surface area (Å²) in [6.45, 7) is 0.624. The molecule has 4 amide bonds. The van der Waals surface area contributed by atoms with E-state index in [4.69, 9.17) is 23.2 Å². The van der Waals surface area contributed by atoms with Gasteiger partial charge in [0.05, 0.1) is 10.0 Å². The predicted octanol–water partition coefficient (Wildman–Crippen LogP) is 4.04. The fraction of sp³-hybridized carbons (Fsp3) is 0.250. The molecule has 9 heteroatoms. The first-order valence-corrected chi connectivity index (χ1v) is 9.89. The Labute approximate surface area is 178 Å². The van der Waals surface area contributed by atoms with E-state index in [0.717, 1.165) is 12.8 Å². The highest BCUT2D eigenvalue weighted by molar-refractivity contribution is 6.42. The number of rotatable bonds is 4. The maximum atomic E-state index is 12.5. The van der Waals surface area contributed by atoms with Gasteiger partial charge in [-0.3, -0.25) is 9.59 Å². The van der Waals surface area contributed by atoms with Gasteiger partial charge in [0.2, 0.25) is 5.91 Å². The van der Waals surface area contributed by atoms with Crippen molar-refractivity contribution in [1.29, 1.82) is 0 Å². The summed E-state index contributed by atoms with van der Waals surface area (Å²) in [5.74, 6) is -0.549. The van der Waals surface area contributed by atoms with Gasteiger partial charge in [0.25, 0.3) is 5.91 Å². The molecule has 1 aliphatic heterocycles. The van der Waals surface area contributed by atoms with E-state index in [-0.39, 0.29) is 11.8 Å². The number of nitrogens with one attached hydrogen (secondary N) is 4. The Morgan fingerprint density at radius 1 is 0.966 bits per heavy atom. The van der Waals surface area contributed by atoms with Crippen molar-refractivity contribution < 1.29 is 14.4 Å². The van der Waals surface area contributed by atoms with Crippen LogP contribution in [0.3, 0.4) is 0 Å². The van der Waals surface area contributed by atoms with Gasteiger partial charge < -0.3 is 21.3 Å². The molecule has 0 aliphatic carbocycles. The normalized spacial score (nSPS) is 16.3. The van der Waals surface area contributed by atoms with Crippen LogP contribution in [-0.2, 0) is 4.79 Å². The molecular formula is C20H20Cl2N4O3. The molecule has 1 aliphatic rings. The zero-order chi connectivity index (χ0) is 20.8. The van der Waals surface area contributed by atoms with Crippen molar-refractivity contribution in [3.8, 4) is 0 Å². The largest absolute Gasteiger partial charge is 0.354 e. The molecule has 4 N–H and O–H groups in total. The van der Waals surface area contributed by atoms with Crippen LogP contribution >= 0.6 is 23.2 Å². The number of carbonyl (C=O) groups is 3. The highest BCUT2D eigenvalue weighted by Crippen LogP contribution is 2.25. The van der Waals surface area contributed by atoms with Crippen LogP contribution in [-0.4, -0.2) is 30.4 Å². The predicted molar refractivity (Wildman–Crippen MR) is 114 cm³/mol. The zero-order valence-corrected chi connectivity index (χ0v) is 16.9. The first-order chi connectivity index (χ1) is 13.9. The number of anilines is 2. The summed E-state index contributed by atoms with van der Waals surface area (Å²) in [6.07, 6.45) is 2.35. The Kier molecular flexibility index (Phi) is 6.95. The van der Waals surface area contributed by atoms with Crippen molar-refractivity contribution in [2.75, 3.05) is 17.2 Å². The number of hydrogen-bond donors (Lipinski definition) is 4. The van der Waals surface area contributed by atoms with Crippen molar-refractivity contribution in [1.82, 2.24) is 10.6 Å². The molecule has 0 radical (unpaired) electrons. The lowest BCUT2D eigenvalue weighted by Crippen LogP contribution is -2.45. The maximum absolute atomic E-state index is 12.5. The Hall–Kier alpha value is -2.77. The molecule has 2 aromatic carbocycles. The SMILES string of the molecule is O=C(Nc1cccc(C(=O)N[C@H]2CCCCNC2=O)c1)Nc1ccc(Cl)c(Cl)c1. The molecule has 0 aromatic heterocycles. The van der Waals surface area contributed by atoms with Crippen molar-refractivity contribution in [2.24, 2.45) is 0 Å². The fourth-order valence-corrected chi connectivity index (χ4v) is 3.22. The van der Waals surface area contributed by atoms with Gasteiger partial charge in [-0.2, -0.15) is 0 Å². The monoisotopic (exact) mass is 434 g/mol. The minimum Gasteiger partial charge on any atom is -0.354 e. The van der Waals surface area contributed by atoms with E-state index >= 15 is 0 Å². The lowest BCUT2D eigenvalue weighted by Gasteiger charge is -2.15. The third-order valence-electron chi connectivity index (χ3n) is 4.40. The number of carbonyl (C=O) groups excluding carboxylic acids is 3. The fourth-order valence-electron chi connectivity index (χ4n) is 2.92. The lowest BCUT2D eigenvalue weighted by atomic mass is 10.1. The summed E-state index contributed by atoms with van der Waals surface area (Å²) in [7, 11) is 0. The Balaban J connectivity index is 1.62. The molecule has 1 heterocycles. The molecule has 0 saturated carbocycles. The standard InChI is InChI=1S/C20H20Cl2N4O3/c21-15-8-7-14(11-16(15)22)25-20(29)24-13-5-3-4-12(10-13)18(27)26-17-6-1-2-9-23-19(17)28/h3-5,7-8,10-11,17H,1-2,6,9H2,(H,23,28)(H,26,27)(H2,24,25,29)/t17-/m0/s1. The highest BCUT2D eigenvalue weighted by atomic mass is 35.5. The van der Waals surface area contributed by atoms with Crippen LogP contribution in [0.1, 0.15) is 29.6 Å². The van der Waals surface area contributed by atoms with Crippen LogP contribution in [0.5, 0.6) is 0 Å². The molecule has 1 fully saturated rings. The average Bonchev–Trinajstić information content (AvgIpc) is 2.89. The average molecular weight is 435 g/mol. The van der Waals surface area contributed by atoms with Gasteiger partial charge in [-0.25, -0.2) is 4.79 Å². The van der Waals surface area contributed by atoms with Crippen molar-refractivity contribution in [3.63, 3.8) is 0 Å². The van der Waals surface area contributed by atoms with Crippen LogP contribution in [0, 0.1) is 0 Å². The molecule has 3 rings (SSSR count). The molecule has 29 heavy (non-hydrogen) atoms. The molecule has 1 saturated heterocycles. The van der Waals surface area contributed by atoms with E-state index in [2.05, 4.69) is 21.3 Å². The van der Waals surface area contributed by atoms with Gasteiger partial charge in [-0.1, -0.05) is 29.3 Å². The quantitative estimate of drug-likeness (QED) is 0.584. The van der Waals surface area contributed by atoms with Gasteiger partial charge in [-0.05, 0) is 55.7 Å². The van der Waals surface area contributed by atoms with Crippen molar-refractivity contribution >= 4 is 52.4 Å². The third-order valence-corrected chi connectivity index (χ3v) is 5.14. The van der Waals surface area contributed by atoms with Gasteiger partial charge in [0.15, 0.2) is 0 Å². The first-order valence-electron chi connectivity index (χ1n) is 9.14. The van der Waals surface area contributed by atoms with Crippen LogP contribution in [0.2, 0.25) is 10.0 Å². The van der Waals surface area contributed by atoms with Gasteiger partial charge in [0, 0.05) is 23.5 Å². The summed E-state index contributed by atoms with van der Waals surface area (Å²) < 4.78 is 0. The molecular weight excluding hydrogens is 415 g/mol. The molecule has 0 bridgehead atoms. The maximum Gasteiger partial charge on any atom is 0.323 e. The zero-order valence-electron chi connectivity index (χ0n) is 15.4. The van der Waals surface area contributed by atoms with Crippen LogP contribution in [0.15, 0.2) is 42.5 Å². The van der Waals surface area contributed by atoms with Gasteiger partial charge in [-0.15, -0.1) is 0 Å². The summed E-state index contributed by atoms with van der Waals surface area (Å²) in [5, 5.41) is 11.5. The van der Waals surface area contributed by atoms with E-state index in [9.17, 15) is 14.4 Å². The lowest BCUT2D eigenvalue weighted by molar-refractivity contribution is -0.122. The highest BCUT2D eigenvalue weighted by Gasteiger charge is 2.23. The molecule has 7 nitrogen and oxygen atoms in total. The minimum absolute atomic E-state index is 0.175. The minimum atomic E-state index is -0.556. The Morgan fingerprint density at radius 3 is 2.48 bits per heavy atom. The molecule has 1 atom stereocenters. The van der Waals surface area contributed by atoms with E-state index in [1.165, 1.54) is 6.07 Å². The van der Waals surface area contributed by atoms with Crippen LogP contribution in [0.4, 0.5) is 16.2 Å². The number of hydrogen-bond acceptors (Lipinski definition) is 3. The smallest absolute Gasteiger partial charge is 0.323 e. The number of halogens is 2. The Morgan fingerprint density at radius 2 is 1.72 bits per heavy atom.